The van der Waals surface area contributed by atoms with E-state index in [1.807, 2.05) is 20.8 Å². The van der Waals surface area contributed by atoms with Gasteiger partial charge in [0.25, 0.3) is 0 Å². The van der Waals surface area contributed by atoms with E-state index < -0.39 is 17.3 Å². The summed E-state index contributed by atoms with van der Waals surface area (Å²) in [6, 6.07) is 6.82. The highest BCUT2D eigenvalue weighted by Gasteiger charge is 2.20. The number of aliphatic carboxylic acids is 1. The number of amides is 2. The second-order valence-electron chi connectivity index (χ2n) is 6.84. The molecular formula is C18H26N2O4. The molecule has 0 saturated heterocycles. The van der Waals surface area contributed by atoms with Crippen molar-refractivity contribution >= 4 is 23.5 Å². The number of hydrogen-bond donors (Lipinski definition) is 3. The summed E-state index contributed by atoms with van der Waals surface area (Å²) in [6.07, 6.45) is 0.821. The van der Waals surface area contributed by atoms with Crippen molar-refractivity contribution in [1.82, 2.24) is 5.32 Å². The van der Waals surface area contributed by atoms with Crippen LogP contribution in [0.25, 0.3) is 0 Å². The summed E-state index contributed by atoms with van der Waals surface area (Å²) in [7, 11) is 0. The third-order valence-corrected chi connectivity index (χ3v) is 3.59. The molecule has 1 aromatic carbocycles. The number of anilines is 1. The fourth-order valence-corrected chi connectivity index (χ4v) is 1.97. The molecule has 2 amide bonds. The normalized spacial score (nSPS) is 12.3. The molecule has 0 aliphatic rings. The summed E-state index contributed by atoms with van der Waals surface area (Å²) in [5.74, 6) is -1.75. The third-order valence-electron chi connectivity index (χ3n) is 3.59. The van der Waals surface area contributed by atoms with Gasteiger partial charge in [-0.2, -0.15) is 0 Å². The van der Waals surface area contributed by atoms with Crippen LogP contribution in [0.5, 0.6) is 0 Å². The van der Waals surface area contributed by atoms with Crippen LogP contribution in [0.4, 0.5) is 5.69 Å². The third kappa shape index (κ3) is 6.40. The van der Waals surface area contributed by atoms with Crippen molar-refractivity contribution in [3.05, 3.63) is 29.8 Å². The van der Waals surface area contributed by atoms with Crippen LogP contribution in [0, 0.1) is 5.41 Å². The minimum atomic E-state index is -0.909. The number of nitrogens with one attached hydrogen (secondary N) is 2. The monoisotopic (exact) mass is 334 g/mol. The molecule has 0 aliphatic heterocycles. The average Bonchev–Trinajstić information content (AvgIpc) is 2.49. The minimum absolute atomic E-state index is 0.0433. The molecule has 1 rings (SSSR count). The number of hydrogen-bond acceptors (Lipinski definition) is 3. The average molecular weight is 334 g/mol. The van der Waals surface area contributed by atoms with E-state index in [-0.39, 0.29) is 18.2 Å². The maximum atomic E-state index is 11.9. The van der Waals surface area contributed by atoms with Gasteiger partial charge in [-0.1, -0.05) is 32.9 Å². The Hall–Kier alpha value is -2.37. The van der Waals surface area contributed by atoms with Crippen LogP contribution in [0.3, 0.4) is 0 Å². The van der Waals surface area contributed by atoms with Crippen molar-refractivity contribution < 1.29 is 19.5 Å². The second kappa shape index (κ2) is 8.47. The quantitative estimate of drug-likeness (QED) is 0.668. The molecular weight excluding hydrogens is 308 g/mol. The highest BCUT2D eigenvalue weighted by Crippen LogP contribution is 2.19. The van der Waals surface area contributed by atoms with Gasteiger partial charge in [-0.25, -0.2) is 0 Å². The van der Waals surface area contributed by atoms with Crippen LogP contribution >= 0.6 is 0 Å². The van der Waals surface area contributed by atoms with Crippen LogP contribution in [-0.2, 0) is 14.4 Å². The first-order valence-electron chi connectivity index (χ1n) is 8.02. The lowest BCUT2D eigenvalue weighted by Gasteiger charge is -2.17. The van der Waals surface area contributed by atoms with Gasteiger partial charge in [0.05, 0.1) is 5.92 Å². The molecule has 0 fully saturated rings. The summed E-state index contributed by atoms with van der Waals surface area (Å²) in [6.45, 7) is 7.54. The number of benzene rings is 1. The van der Waals surface area contributed by atoms with E-state index in [0.717, 1.165) is 0 Å². The van der Waals surface area contributed by atoms with Gasteiger partial charge >= 0.3 is 5.97 Å². The Morgan fingerprint density at radius 2 is 1.88 bits per heavy atom. The van der Waals surface area contributed by atoms with Gasteiger partial charge < -0.3 is 15.7 Å². The first-order valence-corrected chi connectivity index (χ1v) is 8.02. The van der Waals surface area contributed by atoms with E-state index in [2.05, 4.69) is 10.6 Å². The van der Waals surface area contributed by atoms with E-state index in [4.69, 9.17) is 5.11 Å². The Bertz CT molecular complexity index is 605. The van der Waals surface area contributed by atoms with E-state index in [1.165, 1.54) is 0 Å². The Labute approximate surface area is 142 Å². The fraction of sp³-hybridized carbons (Fsp3) is 0.500. The first-order chi connectivity index (χ1) is 11.1. The molecule has 0 heterocycles. The molecule has 0 spiro atoms. The summed E-state index contributed by atoms with van der Waals surface area (Å²) in [5, 5.41) is 14.6. The molecule has 0 saturated carbocycles. The Balaban J connectivity index is 2.44. The van der Waals surface area contributed by atoms with Gasteiger partial charge in [0.1, 0.15) is 0 Å². The van der Waals surface area contributed by atoms with Crippen LogP contribution in [0.15, 0.2) is 24.3 Å². The highest BCUT2D eigenvalue weighted by molar-refractivity contribution is 5.91. The lowest BCUT2D eigenvalue weighted by molar-refractivity contribution is -0.138. The van der Waals surface area contributed by atoms with Gasteiger partial charge in [-0.15, -0.1) is 0 Å². The molecule has 0 bridgehead atoms. The zero-order valence-corrected chi connectivity index (χ0v) is 14.7. The highest BCUT2D eigenvalue weighted by atomic mass is 16.4. The molecule has 132 valence electrons. The van der Waals surface area contributed by atoms with Crippen molar-refractivity contribution in [2.45, 2.75) is 46.5 Å². The van der Waals surface area contributed by atoms with Gasteiger partial charge in [-0.05, 0) is 31.0 Å². The number of carbonyl (C=O) groups excluding carboxylic acids is 2. The smallest absolute Gasteiger partial charge is 0.310 e. The Kier molecular flexibility index (Phi) is 6.95. The van der Waals surface area contributed by atoms with Crippen molar-refractivity contribution in [1.29, 1.82) is 0 Å². The number of rotatable bonds is 7. The molecule has 1 aromatic rings. The van der Waals surface area contributed by atoms with E-state index in [1.54, 1.807) is 31.2 Å². The van der Waals surface area contributed by atoms with E-state index in [0.29, 0.717) is 24.2 Å². The zero-order chi connectivity index (χ0) is 18.3. The maximum Gasteiger partial charge on any atom is 0.310 e. The van der Waals surface area contributed by atoms with Crippen molar-refractivity contribution in [3.8, 4) is 0 Å². The van der Waals surface area contributed by atoms with E-state index in [9.17, 15) is 14.4 Å². The number of carboxylic acids is 1. The molecule has 0 aliphatic carbocycles. The standard InChI is InChI=1S/C18H26N2O4/c1-12(16(22)23)13-7-5-8-14(11-13)20-15(21)9-6-10-19-17(24)18(2,3)4/h5,7-8,11-12H,6,9-10H2,1-4H3,(H,19,24)(H,20,21)(H,22,23). The van der Waals surface area contributed by atoms with Crippen molar-refractivity contribution in [3.63, 3.8) is 0 Å². The van der Waals surface area contributed by atoms with Crippen LogP contribution in [0.1, 0.15) is 52.0 Å². The van der Waals surface area contributed by atoms with Gasteiger partial charge in [-0.3, -0.25) is 14.4 Å². The summed E-state index contributed by atoms with van der Waals surface area (Å²) < 4.78 is 0. The first kappa shape index (κ1) is 19.7. The molecule has 6 heteroatoms. The second-order valence-corrected chi connectivity index (χ2v) is 6.84. The molecule has 0 radical (unpaired) electrons. The molecule has 3 N–H and O–H groups in total. The van der Waals surface area contributed by atoms with Gasteiger partial charge in [0.15, 0.2) is 0 Å². The van der Waals surface area contributed by atoms with E-state index >= 15 is 0 Å². The molecule has 24 heavy (non-hydrogen) atoms. The number of carboxylic acid groups (broad SMARTS) is 1. The summed E-state index contributed by atoms with van der Waals surface area (Å²) in [5.41, 5.74) is 0.769. The lowest BCUT2D eigenvalue weighted by Crippen LogP contribution is -2.35. The van der Waals surface area contributed by atoms with Gasteiger partial charge in [0.2, 0.25) is 11.8 Å². The molecule has 1 unspecified atom stereocenters. The Morgan fingerprint density at radius 3 is 2.46 bits per heavy atom. The largest absolute Gasteiger partial charge is 0.481 e. The van der Waals surface area contributed by atoms with Crippen LogP contribution in [0.2, 0.25) is 0 Å². The summed E-state index contributed by atoms with van der Waals surface area (Å²) >= 11 is 0. The van der Waals surface area contributed by atoms with Gasteiger partial charge in [0, 0.05) is 24.1 Å². The molecule has 0 aromatic heterocycles. The van der Waals surface area contributed by atoms with Crippen LogP contribution < -0.4 is 10.6 Å². The lowest BCUT2D eigenvalue weighted by atomic mass is 9.96. The van der Waals surface area contributed by atoms with Crippen molar-refractivity contribution in [2.24, 2.45) is 5.41 Å². The maximum absolute atomic E-state index is 11.9. The Morgan fingerprint density at radius 1 is 1.21 bits per heavy atom. The van der Waals surface area contributed by atoms with Crippen LogP contribution in [-0.4, -0.2) is 29.4 Å². The number of carbonyl (C=O) groups is 3. The zero-order valence-electron chi connectivity index (χ0n) is 14.7. The molecule has 6 nitrogen and oxygen atoms in total. The predicted octanol–water partition coefficient (Wildman–Crippen LogP) is 2.76. The summed E-state index contributed by atoms with van der Waals surface area (Å²) in [4.78, 5) is 34.6. The molecule has 1 atom stereocenters. The SMILES string of the molecule is CC(C(=O)O)c1cccc(NC(=O)CCCNC(=O)C(C)(C)C)c1. The fourth-order valence-electron chi connectivity index (χ4n) is 1.97. The van der Waals surface area contributed by atoms with Crippen molar-refractivity contribution in [2.75, 3.05) is 11.9 Å². The minimum Gasteiger partial charge on any atom is -0.481 e. The topological polar surface area (TPSA) is 95.5 Å². The predicted molar refractivity (Wildman–Crippen MR) is 92.8 cm³/mol.